The molecule has 0 aromatic heterocycles. The van der Waals surface area contributed by atoms with Gasteiger partial charge >= 0.3 is 0 Å². The van der Waals surface area contributed by atoms with Crippen LogP contribution >= 0.6 is 23.2 Å². The average molecular weight is 317 g/mol. The molecule has 1 atom stereocenters. The average Bonchev–Trinajstić information content (AvgIpc) is 2.32. The van der Waals surface area contributed by atoms with E-state index in [1.165, 1.54) is 18.6 Å². The molecule has 0 fully saturated rings. The van der Waals surface area contributed by atoms with Gasteiger partial charge in [-0.05, 0) is 50.3 Å². The van der Waals surface area contributed by atoms with Crippen LogP contribution in [0, 0.1) is 5.82 Å². The molecule has 0 aliphatic heterocycles. The summed E-state index contributed by atoms with van der Waals surface area (Å²) < 4.78 is 13.7. The quantitative estimate of drug-likeness (QED) is 0.554. The van der Waals surface area contributed by atoms with Gasteiger partial charge in [0.1, 0.15) is 11.4 Å². The Morgan fingerprint density at radius 3 is 2.55 bits per heavy atom. The van der Waals surface area contributed by atoms with Crippen molar-refractivity contribution in [3.05, 3.63) is 45.2 Å². The minimum atomic E-state index is -1.25. The molecule has 1 aromatic rings. The number of rotatable bonds is 2. The molecule has 1 N–H and O–H groups in total. The molecule has 1 aliphatic carbocycles. The Bertz CT molecular complexity index is 523. The molecule has 20 heavy (non-hydrogen) atoms. The third-order valence-electron chi connectivity index (χ3n) is 3.95. The van der Waals surface area contributed by atoms with Gasteiger partial charge in [-0.15, -0.1) is 0 Å². The first-order valence-corrected chi connectivity index (χ1v) is 7.75. The van der Waals surface area contributed by atoms with E-state index in [4.69, 9.17) is 23.2 Å². The van der Waals surface area contributed by atoms with E-state index >= 15 is 0 Å². The van der Waals surface area contributed by atoms with Crippen molar-refractivity contribution in [2.24, 2.45) is 0 Å². The van der Waals surface area contributed by atoms with E-state index in [0.717, 1.165) is 37.7 Å². The first-order valence-electron chi connectivity index (χ1n) is 7.00. The minimum Gasteiger partial charge on any atom is -0.381 e. The highest BCUT2D eigenvalue weighted by molar-refractivity contribution is 6.35. The highest BCUT2D eigenvalue weighted by Gasteiger charge is 2.31. The van der Waals surface area contributed by atoms with Crippen molar-refractivity contribution in [1.29, 1.82) is 0 Å². The summed E-state index contributed by atoms with van der Waals surface area (Å²) in [4.78, 5) is 0. The summed E-state index contributed by atoms with van der Waals surface area (Å²) >= 11 is 11.9. The van der Waals surface area contributed by atoms with Crippen LogP contribution in [0.25, 0.3) is 0 Å². The zero-order valence-electron chi connectivity index (χ0n) is 11.6. The summed E-state index contributed by atoms with van der Waals surface area (Å²) in [6, 6.07) is 2.59. The van der Waals surface area contributed by atoms with Crippen molar-refractivity contribution >= 4 is 23.2 Å². The maximum atomic E-state index is 13.7. The number of halogens is 3. The number of hydrogen-bond acceptors (Lipinski definition) is 1. The summed E-state index contributed by atoms with van der Waals surface area (Å²) in [5.74, 6) is -0.558. The molecule has 110 valence electrons. The molecular weight excluding hydrogens is 298 g/mol. The number of benzene rings is 1. The molecule has 0 saturated heterocycles. The maximum absolute atomic E-state index is 13.7. The van der Waals surface area contributed by atoms with Crippen LogP contribution in [0.3, 0.4) is 0 Å². The molecule has 1 aliphatic rings. The van der Waals surface area contributed by atoms with Crippen LogP contribution in [-0.4, -0.2) is 5.11 Å². The Morgan fingerprint density at radius 2 is 1.80 bits per heavy atom. The van der Waals surface area contributed by atoms with Crippen LogP contribution in [0.5, 0.6) is 0 Å². The lowest BCUT2D eigenvalue weighted by molar-refractivity contribution is 0.0920. The van der Waals surface area contributed by atoms with E-state index < -0.39 is 11.4 Å². The van der Waals surface area contributed by atoms with Gasteiger partial charge in [0.2, 0.25) is 0 Å². The van der Waals surface area contributed by atoms with Gasteiger partial charge in [0.15, 0.2) is 0 Å². The monoisotopic (exact) mass is 316 g/mol. The summed E-state index contributed by atoms with van der Waals surface area (Å²) in [7, 11) is 0. The summed E-state index contributed by atoms with van der Waals surface area (Å²) in [5, 5.41) is 11.1. The van der Waals surface area contributed by atoms with Gasteiger partial charge in [-0.3, -0.25) is 0 Å². The van der Waals surface area contributed by atoms with Crippen molar-refractivity contribution in [2.45, 2.75) is 51.0 Å². The molecule has 2 rings (SSSR count). The molecule has 4 heteroatoms. The van der Waals surface area contributed by atoms with Crippen molar-refractivity contribution in [3.8, 4) is 0 Å². The van der Waals surface area contributed by atoms with Crippen molar-refractivity contribution < 1.29 is 9.50 Å². The lowest BCUT2D eigenvalue weighted by atomic mass is 9.83. The predicted molar refractivity (Wildman–Crippen MR) is 81.8 cm³/mol. The lowest BCUT2D eigenvalue weighted by Gasteiger charge is -2.29. The van der Waals surface area contributed by atoms with Gasteiger partial charge in [-0.25, -0.2) is 4.39 Å². The molecule has 0 amide bonds. The topological polar surface area (TPSA) is 20.2 Å². The predicted octanol–water partition coefficient (Wildman–Crippen LogP) is 5.62. The standard InChI is InChI=1S/C16H19Cl2FO/c1-16(20,11-7-5-3-2-4-6-8-11)12-9-15(19)14(18)10-13(12)17/h7,9-10,20H,2-6,8H2,1H3/b11-7+. The van der Waals surface area contributed by atoms with Crippen LogP contribution in [0.1, 0.15) is 51.0 Å². The van der Waals surface area contributed by atoms with E-state index in [2.05, 4.69) is 6.08 Å². The van der Waals surface area contributed by atoms with E-state index in [1.807, 2.05) is 0 Å². The Kier molecular flexibility index (Phi) is 5.11. The van der Waals surface area contributed by atoms with Crippen molar-refractivity contribution in [1.82, 2.24) is 0 Å². The van der Waals surface area contributed by atoms with Gasteiger partial charge in [0, 0.05) is 10.6 Å². The minimum absolute atomic E-state index is 0.0267. The number of aliphatic hydroxyl groups is 1. The zero-order valence-corrected chi connectivity index (χ0v) is 13.1. The SMILES string of the molecule is CC(O)(/C1=C/CCCCCC1)c1cc(F)c(Cl)cc1Cl. The fourth-order valence-electron chi connectivity index (χ4n) is 2.70. The third-order valence-corrected chi connectivity index (χ3v) is 4.55. The number of allylic oxidation sites excluding steroid dienone is 1. The van der Waals surface area contributed by atoms with E-state index in [0.29, 0.717) is 10.6 Å². The van der Waals surface area contributed by atoms with Gasteiger partial charge < -0.3 is 5.11 Å². The third kappa shape index (κ3) is 3.36. The highest BCUT2D eigenvalue weighted by Crippen LogP contribution is 2.39. The Balaban J connectivity index is 2.40. The number of hydrogen-bond donors (Lipinski definition) is 1. The maximum Gasteiger partial charge on any atom is 0.142 e. The fourth-order valence-corrected chi connectivity index (χ4v) is 3.27. The Labute approximate surface area is 129 Å². The van der Waals surface area contributed by atoms with Gasteiger partial charge in [-0.2, -0.15) is 0 Å². The molecule has 1 aromatic carbocycles. The normalized spacial score (nSPS) is 22.4. The first kappa shape index (κ1) is 15.8. The molecule has 1 unspecified atom stereocenters. The Morgan fingerprint density at radius 1 is 1.10 bits per heavy atom. The van der Waals surface area contributed by atoms with Crippen LogP contribution in [0.4, 0.5) is 4.39 Å². The van der Waals surface area contributed by atoms with Crippen molar-refractivity contribution in [2.75, 3.05) is 0 Å². The molecule has 0 saturated carbocycles. The highest BCUT2D eigenvalue weighted by atomic mass is 35.5. The summed E-state index contributed by atoms with van der Waals surface area (Å²) in [6.07, 6.45) is 8.38. The van der Waals surface area contributed by atoms with Crippen LogP contribution in [-0.2, 0) is 5.60 Å². The second-order valence-electron chi connectivity index (χ2n) is 5.50. The van der Waals surface area contributed by atoms with Crippen molar-refractivity contribution in [3.63, 3.8) is 0 Å². The molecule has 1 nitrogen and oxygen atoms in total. The fraction of sp³-hybridized carbons (Fsp3) is 0.500. The van der Waals surface area contributed by atoms with Gasteiger partial charge in [-0.1, -0.05) is 42.1 Å². The Hall–Kier alpha value is -0.570. The second-order valence-corrected chi connectivity index (χ2v) is 6.32. The summed E-state index contributed by atoms with van der Waals surface area (Å²) in [5.41, 5.74) is 0.0496. The first-order chi connectivity index (χ1) is 9.43. The molecular formula is C16H19Cl2FO. The van der Waals surface area contributed by atoms with Crippen LogP contribution in [0.2, 0.25) is 10.0 Å². The summed E-state index contributed by atoms with van der Waals surface area (Å²) in [6.45, 7) is 1.68. The zero-order chi connectivity index (χ0) is 14.8. The van der Waals surface area contributed by atoms with Crippen LogP contribution < -0.4 is 0 Å². The van der Waals surface area contributed by atoms with Gasteiger partial charge in [0.25, 0.3) is 0 Å². The van der Waals surface area contributed by atoms with Crippen LogP contribution in [0.15, 0.2) is 23.8 Å². The molecule has 0 spiro atoms. The van der Waals surface area contributed by atoms with E-state index in [1.54, 1.807) is 6.92 Å². The molecule has 0 heterocycles. The molecule has 0 bridgehead atoms. The smallest absolute Gasteiger partial charge is 0.142 e. The lowest BCUT2D eigenvalue weighted by Crippen LogP contribution is -2.25. The largest absolute Gasteiger partial charge is 0.381 e. The second kappa shape index (κ2) is 6.46. The van der Waals surface area contributed by atoms with Gasteiger partial charge in [0.05, 0.1) is 5.02 Å². The van der Waals surface area contributed by atoms with E-state index in [-0.39, 0.29) is 5.02 Å². The van der Waals surface area contributed by atoms with E-state index in [9.17, 15) is 9.50 Å². The molecule has 0 radical (unpaired) electrons.